The molecule has 0 bridgehead atoms. The molecule has 0 N–H and O–H groups in total. The number of halogens is 1. The van der Waals surface area contributed by atoms with Crippen LogP contribution < -0.4 is 15.3 Å². The van der Waals surface area contributed by atoms with Crippen LogP contribution in [-0.2, 0) is 6.54 Å². The summed E-state index contributed by atoms with van der Waals surface area (Å²) in [6.45, 7) is 16.8. The summed E-state index contributed by atoms with van der Waals surface area (Å²) in [5.74, 6) is 0.557. The monoisotopic (exact) mass is 398 g/mol. The Balaban J connectivity index is 2.15. The highest BCUT2D eigenvalue weighted by atomic mass is 35.5. The van der Waals surface area contributed by atoms with Gasteiger partial charge in [0.25, 0.3) is 0 Å². The molecule has 0 atom stereocenters. The minimum atomic E-state index is 0.254. The van der Waals surface area contributed by atoms with Crippen molar-refractivity contribution in [3.63, 3.8) is 0 Å². The molecule has 29 heavy (non-hydrogen) atoms. The predicted molar refractivity (Wildman–Crippen MR) is 119 cm³/mol. The number of nitriles is 1. The van der Waals surface area contributed by atoms with Gasteiger partial charge in [-0.25, -0.2) is 4.98 Å². The average Bonchev–Trinajstić information content (AvgIpc) is 2.75. The summed E-state index contributed by atoms with van der Waals surface area (Å²) >= 11 is 6.56. The van der Waals surface area contributed by atoms with Crippen LogP contribution in [-0.4, -0.2) is 9.97 Å². The summed E-state index contributed by atoms with van der Waals surface area (Å²) in [4.78, 5) is 10.6. The molecule has 0 saturated heterocycles. The SMILES string of the molecule is C=CC(=C)N(Cc1ccccc1)c1nc(Cl)c(-c2cncc(C#N)c2)c(=C)c1=C. The lowest BCUT2D eigenvalue weighted by Crippen LogP contribution is -2.35. The van der Waals surface area contributed by atoms with Crippen molar-refractivity contribution in [1.82, 2.24) is 9.97 Å². The van der Waals surface area contributed by atoms with Crippen molar-refractivity contribution in [2.75, 3.05) is 4.90 Å². The molecule has 0 fully saturated rings. The standard InChI is InChI=1S/C24H19ClN4/c1-5-16(2)29(15-19-9-7-6-8-10-19)24-18(4)17(3)22(23(25)28-24)21-11-20(12-26)13-27-14-21/h5-11,13-14H,1-4,15H2. The molecular weight excluding hydrogens is 380 g/mol. The number of pyridine rings is 2. The topological polar surface area (TPSA) is 52.8 Å². The van der Waals surface area contributed by atoms with Crippen LogP contribution in [0.5, 0.6) is 0 Å². The summed E-state index contributed by atoms with van der Waals surface area (Å²) in [7, 11) is 0. The second kappa shape index (κ2) is 8.55. The van der Waals surface area contributed by atoms with E-state index in [0.717, 1.165) is 5.56 Å². The Morgan fingerprint density at radius 2 is 1.90 bits per heavy atom. The molecule has 2 aromatic heterocycles. The van der Waals surface area contributed by atoms with Crippen molar-refractivity contribution < 1.29 is 0 Å². The van der Waals surface area contributed by atoms with Gasteiger partial charge in [0, 0.05) is 41.0 Å². The van der Waals surface area contributed by atoms with Gasteiger partial charge in [-0.2, -0.15) is 5.26 Å². The highest BCUT2D eigenvalue weighted by Crippen LogP contribution is 2.25. The maximum Gasteiger partial charge on any atom is 0.142 e. The zero-order chi connectivity index (χ0) is 21.0. The van der Waals surface area contributed by atoms with E-state index < -0.39 is 0 Å². The maximum absolute atomic E-state index is 9.16. The first kappa shape index (κ1) is 20.1. The van der Waals surface area contributed by atoms with Crippen LogP contribution >= 0.6 is 11.6 Å². The molecule has 0 aliphatic carbocycles. The van der Waals surface area contributed by atoms with Gasteiger partial charge in [0.1, 0.15) is 17.0 Å². The first-order chi connectivity index (χ1) is 14.0. The van der Waals surface area contributed by atoms with E-state index in [-0.39, 0.29) is 5.15 Å². The third kappa shape index (κ3) is 4.11. The van der Waals surface area contributed by atoms with Crippen LogP contribution in [0.25, 0.3) is 24.3 Å². The van der Waals surface area contributed by atoms with E-state index >= 15 is 0 Å². The van der Waals surface area contributed by atoms with E-state index in [1.807, 2.05) is 35.2 Å². The number of anilines is 1. The summed E-state index contributed by atoms with van der Waals surface area (Å²) in [5, 5.41) is 10.6. The van der Waals surface area contributed by atoms with E-state index in [9.17, 15) is 0 Å². The smallest absolute Gasteiger partial charge is 0.142 e. The maximum atomic E-state index is 9.16. The van der Waals surface area contributed by atoms with Gasteiger partial charge in [-0.1, -0.05) is 68.2 Å². The second-order valence-corrected chi connectivity index (χ2v) is 6.76. The van der Waals surface area contributed by atoms with E-state index in [1.165, 1.54) is 6.20 Å². The van der Waals surface area contributed by atoms with Gasteiger partial charge < -0.3 is 4.90 Å². The van der Waals surface area contributed by atoms with Gasteiger partial charge >= 0.3 is 0 Å². The average molecular weight is 399 g/mol. The molecule has 3 aromatic rings. The van der Waals surface area contributed by atoms with Gasteiger partial charge in [-0.3, -0.25) is 4.98 Å². The van der Waals surface area contributed by atoms with E-state index in [2.05, 4.69) is 42.4 Å². The van der Waals surface area contributed by atoms with Crippen LogP contribution in [0.4, 0.5) is 5.82 Å². The molecule has 5 heteroatoms. The van der Waals surface area contributed by atoms with Crippen molar-refractivity contribution in [1.29, 1.82) is 5.26 Å². The Kier molecular flexibility index (Phi) is 5.92. The minimum Gasteiger partial charge on any atom is -0.322 e. The summed E-state index contributed by atoms with van der Waals surface area (Å²) < 4.78 is 0. The molecule has 0 spiro atoms. The fourth-order valence-electron chi connectivity index (χ4n) is 2.97. The van der Waals surface area contributed by atoms with Crippen LogP contribution in [0.1, 0.15) is 11.1 Å². The van der Waals surface area contributed by atoms with Gasteiger partial charge in [0.2, 0.25) is 0 Å². The minimum absolute atomic E-state index is 0.254. The molecule has 0 radical (unpaired) electrons. The number of hydrogen-bond donors (Lipinski definition) is 0. The van der Waals surface area contributed by atoms with Gasteiger partial charge in [-0.05, 0) is 22.9 Å². The zero-order valence-electron chi connectivity index (χ0n) is 15.9. The first-order valence-electron chi connectivity index (χ1n) is 8.82. The third-order valence-electron chi connectivity index (χ3n) is 4.52. The first-order valence-corrected chi connectivity index (χ1v) is 9.19. The molecule has 0 saturated carbocycles. The van der Waals surface area contributed by atoms with Crippen LogP contribution in [0.2, 0.25) is 5.15 Å². The van der Waals surface area contributed by atoms with Crippen LogP contribution in [0, 0.1) is 11.3 Å². The van der Waals surface area contributed by atoms with E-state index in [1.54, 1.807) is 18.3 Å². The normalized spacial score (nSPS) is 10.2. The van der Waals surface area contributed by atoms with Crippen molar-refractivity contribution in [3.05, 3.63) is 100 Å². The predicted octanol–water partition coefficient (Wildman–Crippen LogP) is 4.20. The number of benzene rings is 1. The number of hydrogen-bond acceptors (Lipinski definition) is 4. The fraction of sp³-hybridized carbons (Fsp3) is 0.0417. The van der Waals surface area contributed by atoms with Crippen LogP contribution in [0.15, 0.2) is 73.7 Å². The molecule has 0 amide bonds. The summed E-state index contributed by atoms with van der Waals surface area (Å²) in [6.07, 6.45) is 4.78. The number of rotatable bonds is 6. The molecule has 1 aromatic carbocycles. The van der Waals surface area contributed by atoms with Crippen LogP contribution in [0.3, 0.4) is 0 Å². The molecule has 0 aliphatic rings. The largest absolute Gasteiger partial charge is 0.322 e. The molecule has 0 aliphatic heterocycles. The second-order valence-electron chi connectivity index (χ2n) is 6.40. The van der Waals surface area contributed by atoms with Crippen molar-refractivity contribution >= 4 is 30.6 Å². The molecule has 142 valence electrons. The zero-order valence-corrected chi connectivity index (χ0v) is 16.7. The van der Waals surface area contributed by atoms with E-state index in [4.69, 9.17) is 16.9 Å². The quantitative estimate of drug-likeness (QED) is 0.461. The van der Waals surface area contributed by atoms with Crippen molar-refractivity contribution in [2.45, 2.75) is 6.54 Å². The number of aromatic nitrogens is 2. The van der Waals surface area contributed by atoms with Gasteiger partial charge in [0.15, 0.2) is 0 Å². The molecule has 2 heterocycles. The Bertz CT molecular complexity index is 1230. The van der Waals surface area contributed by atoms with E-state index in [0.29, 0.717) is 45.2 Å². The Hall–Kier alpha value is -3.68. The lowest BCUT2D eigenvalue weighted by molar-refractivity contribution is 0.906. The third-order valence-corrected chi connectivity index (χ3v) is 4.80. The molecule has 3 rings (SSSR count). The Morgan fingerprint density at radius 3 is 2.55 bits per heavy atom. The summed E-state index contributed by atoms with van der Waals surface area (Å²) in [6, 6.07) is 13.7. The van der Waals surface area contributed by atoms with Crippen molar-refractivity contribution in [2.24, 2.45) is 0 Å². The van der Waals surface area contributed by atoms with Crippen molar-refractivity contribution in [3.8, 4) is 17.2 Å². The number of nitrogens with zero attached hydrogens (tertiary/aromatic N) is 4. The lowest BCUT2D eigenvalue weighted by atomic mass is 10.0. The number of allylic oxidation sites excluding steroid dienone is 1. The van der Waals surface area contributed by atoms with Gasteiger partial charge in [0.05, 0.1) is 5.56 Å². The Labute approximate surface area is 175 Å². The molecular formula is C24H19ClN4. The molecule has 4 nitrogen and oxygen atoms in total. The Morgan fingerprint density at radius 1 is 1.17 bits per heavy atom. The van der Waals surface area contributed by atoms with Gasteiger partial charge in [-0.15, -0.1) is 0 Å². The highest BCUT2D eigenvalue weighted by Gasteiger charge is 2.17. The summed E-state index contributed by atoms with van der Waals surface area (Å²) in [5.41, 5.74) is 3.45. The lowest BCUT2D eigenvalue weighted by Gasteiger charge is -2.25. The fourth-order valence-corrected chi connectivity index (χ4v) is 3.27. The highest BCUT2D eigenvalue weighted by molar-refractivity contribution is 6.32. The molecule has 0 unspecified atom stereocenters.